The van der Waals surface area contributed by atoms with Crippen LogP contribution in [0.25, 0.3) is 87.6 Å². The molecule has 200 valence electrons. The highest BCUT2D eigenvalue weighted by Gasteiger charge is 2.17. The zero-order valence-corrected chi connectivity index (χ0v) is 23.0. The van der Waals surface area contributed by atoms with E-state index in [-0.39, 0.29) is 41.2 Å². The Morgan fingerprint density at radius 3 is 1.72 bits per heavy atom. The van der Waals surface area contributed by atoms with Gasteiger partial charge in [0.05, 0.1) is 6.85 Å². The second kappa shape index (κ2) is 9.44. The van der Waals surface area contributed by atoms with Gasteiger partial charge in [-0.2, -0.15) is 0 Å². The molecule has 0 amide bonds. The zero-order valence-electron chi connectivity index (χ0n) is 28.0. The van der Waals surface area contributed by atoms with Crippen molar-refractivity contribution in [2.24, 2.45) is 0 Å². The van der Waals surface area contributed by atoms with E-state index in [1.54, 1.807) is 6.07 Å². The number of benzene rings is 8. The van der Waals surface area contributed by atoms with E-state index in [2.05, 4.69) is 78.9 Å². The van der Waals surface area contributed by atoms with E-state index >= 15 is 0 Å². The summed E-state index contributed by atoms with van der Waals surface area (Å²) in [6, 6.07) is 41.9. The van der Waals surface area contributed by atoms with Crippen LogP contribution < -0.4 is 0 Å². The lowest BCUT2D eigenvalue weighted by Crippen LogP contribution is -1.91. The summed E-state index contributed by atoms with van der Waals surface area (Å²) < 4.78 is 51.4. The topological polar surface area (TPSA) is 13.1 Å². The van der Waals surface area contributed by atoms with Crippen molar-refractivity contribution >= 4 is 54.3 Å². The SMILES string of the molecule is [2H]c1c([2H])c(-c2cccc(-c3c4ccccc4c(-c4ccccc4)c4ccccc34)c2)c2c([2H])c3c(oc4ccccc43)c([2H])c2c1[2H]. The Hall–Kier alpha value is -5.66. The Labute approximate surface area is 256 Å². The minimum Gasteiger partial charge on any atom is -0.456 e. The molecule has 0 spiro atoms. The molecule has 0 saturated carbocycles. The third-order valence-corrected chi connectivity index (χ3v) is 8.39. The van der Waals surface area contributed by atoms with Crippen LogP contribution in [0.3, 0.4) is 0 Å². The van der Waals surface area contributed by atoms with Crippen LogP contribution in [0.4, 0.5) is 0 Å². The van der Waals surface area contributed by atoms with Gasteiger partial charge in [-0.3, -0.25) is 0 Å². The Kier molecular flexibility index (Phi) is 4.27. The van der Waals surface area contributed by atoms with Crippen LogP contribution in [-0.2, 0) is 0 Å². The maximum atomic E-state index is 9.45. The standard InChI is InChI=1S/C42H26O/c1-2-12-27(13-3-1)41-33-18-4-6-20-35(33)42(36-21-7-5-19-34(36)41)30-16-10-14-28(24-30)31-22-11-15-29-25-40-38(26-37(29)31)32-17-8-9-23-39(32)43-40/h1-26H/i11D,15D,22D,25D,26D. The van der Waals surface area contributed by atoms with Crippen molar-refractivity contribution in [3.05, 3.63) is 158 Å². The average Bonchev–Trinajstić information content (AvgIpc) is 3.52. The summed E-state index contributed by atoms with van der Waals surface area (Å²) in [4.78, 5) is 0. The maximum Gasteiger partial charge on any atom is 0.136 e. The van der Waals surface area contributed by atoms with E-state index in [1.165, 1.54) is 5.56 Å². The van der Waals surface area contributed by atoms with Crippen molar-refractivity contribution in [3.63, 3.8) is 0 Å². The van der Waals surface area contributed by atoms with Gasteiger partial charge in [0.15, 0.2) is 0 Å². The third-order valence-electron chi connectivity index (χ3n) is 8.39. The van der Waals surface area contributed by atoms with Gasteiger partial charge in [-0.15, -0.1) is 0 Å². The highest BCUT2D eigenvalue weighted by atomic mass is 16.3. The van der Waals surface area contributed by atoms with Gasteiger partial charge in [-0.25, -0.2) is 0 Å². The molecule has 9 aromatic rings. The Balaban J connectivity index is 1.38. The molecule has 0 N–H and O–H groups in total. The van der Waals surface area contributed by atoms with Crippen molar-refractivity contribution < 1.29 is 11.3 Å². The lowest BCUT2D eigenvalue weighted by Gasteiger charge is -2.18. The molecular formula is C42H26O. The maximum absolute atomic E-state index is 9.45. The van der Waals surface area contributed by atoms with Gasteiger partial charge >= 0.3 is 0 Å². The molecule has 9 rings (SSSR count). The van der Waals surface area contributed by atoms with Crippen LogP contribution >= 0.6 is 0 Å². The van der Waals surface area contributed by atoms with Crippen LogP contribution in [0.1, 0.15) is 6.85 Å². The van der Waals surface area contributed by atoms with Gasteiger partial charge in [0.25, 0.3) is 0 Å². The molecule has 0 saturated heterocycles. The van der Waals surface area contributed by atoms with Crippen LogP contribution in [0.2, 0.25) is 0 Å². The van der Waals surface area contributed by atoms with Gasteiger partial charge < -0.3 is 4.42 Å². The summed E-state index contributed by atoms with van der Waals surface area (Å²) >= 11 is 0. The Bertz CT molecular complexity index is 2730. The summed E-state index contributed by atoms with van der Waals surface area (Å²) in [6.45, 7) is 0. The van der Waals surface area contributed by atoms with E-state index in [4.69, 9.17) is 9.90 Å². The summed E-state index contributed by atoms with van der Waals surface area (Å²) in [7, 11) is 0. The number of hydrogen-bond acceptors (Lipinski definition) is 1. The quantitative estimate of drug-likeness (QED) is 0.199. The smallest absolute Gasteiger partial charge is 0.136 e. The average molecular weight is 552 g/mol. The fourth-order valence-electron chi connectivity index (χ4n) is 6.52. The minimum atomic E-state index is -0.283. The molecule has 0 aliphatic carbocycles. The lowest BCUT2D eigenvalue weighted by molar-refractivity contribution is 0.669. The van der Waals surface area contributed by atoms with Crippen molar-refractivity contribution in [2.75, 3.05) is 0 Å². The molecule has 0 aliphatic rings. The normalized spacial score (nSPS) is 13.3. The first kappa shape index (κ1) is 19.5. The van der Waals surface area contributed by atoms with Crippen LogP contribution in [-0.4, -0.2) is 0 Å². The number of rotatable bonds is 3. The number of furan rings is 1. The van der Waals surface area contributed by atoms with E-state index in [0.717, 1.165) is 38.2 Å². The Morgan fingerprint density at radius 2 is 1.00 bits per heavy atom. The highest BCUT2D eigenvalue weighted by Crippen LogP contribution is 2.44. The number of hydrogen-bond donors (Lipinski definition) is 0. The molecule has 1 aromatic heterocycles. The van der Waals surface area contributed by atoms with E-state index < -0.39 is 0 Å². The summed E-state index contributed by atoms with van der Waals surface area (Å²) in [5, 5.41) is 6.08. The molecule has 43 heavy (non-hydrogen) atoms. The van der Waals surface area contributed by atoms with Gasteiger partial charge in [0.1, 0.15) is 11.2 Å². The first-order chi connectivity index (χ1) is 23.4. The molecule has 0 fully saturated rings. The minimum absolute atomic E-state index is 0.0448. The Morgan fingerprint density at radius 1 is 0.419 bits per heavy atom. The monoisotopic (exact) mass is 551 g/mol. The van der Waals surface area contributed by atoms with Crippen molar-refractivity contribution in [3.8, 4) is 33.4 Å². The van der Waals surface area contributed by atoms with Gasteiger partial charge in [-0.1, -0.05) is 133 Å². The molecule has 0 unspecified atom stereocenters. The number of fused-ring (bicyclic) bond motifs is 6. The van der Waals surface area contributed by atoms with Crippen molar-refractivity contribution in [1.29, 1.82) is 0 Å². The molecule has 0 aliphatic heterocycles. The lowest BCUT2D eigenvalue weighted by atomic mass is 9.85. The van der Waals surface area contributed by atoms with Crippen LogP contribution in [0.5, 0.6) is 0 Å². The molecule has 1 heterocycles. The summed E-state index contributed by atoms with van der Waals surface area (Å²) in [5.41, 5.74) is 6.08. The molecule has 0 radical (unpaired) electrons. The fourth-order valence-corrected chi connectivity index (χ4v) is 6.52. The molecular weight excluding hydrogens is 520 g/mol. The van der Waals surface area contributed by atoms with E-state index in [9.17, 15) is 1.37 Å². The van der Waals surface area contributed by atoms with Crippen molar-refractivity contribution in [2.45, 2.75) is 0 Å². The molecule has 1 heteroatoms. The van der Waals surface area contributed by atoms with Gasteiger partial charge in [0.2, 0.25) is 0 Å². The van der Waals surface area contributed by atoms with E-state index in [1.807, 2.05) is 42.5 Å². The summed E-state index contributed by atoms with van der Waals surface area (Å²) in [6.07, 6.45) is 0. The first-order valence-electron chi connectivity index (χ1n) is 16.9. The predicted molar refractivity (Wildman–Crippen MR) is 183 cm³/mol. The van der Waals surface area contributed by atoms with Gasteiger partial charge in [0, 0.05) is 10.8 Å². The highest BCUT2D eigenvalue weighted by molar-refractivity contribution is 6.21. The van der Waals surface area contributed by atoms with Crippen LogP contribution in [0, 0.1) is 0 Å². The first-order valence-corrected chi connectivity index (χ1v) is 14.4. The largest absolute Gasteiger partial charge is 0.456 e. The van der Waals surface area contributed by atoms with Crippen LogP contribution in [0.15, 0.2) is 162 Å². The second-order valence-corrected chi connectivity index (χ2v) is 10.8. The molecule has 0 bridgehead atoms. The molecule has 0 atom stereocenters. The van der Waals surface area contributed by atoms with E-state index in [0.29, 0.717) is 32.9 Å². The molecule has 1 nitrogen and oxygen atoms in total. The zero-order chi connectivity index (χ0) is 32.7. The predicted octanol–water partition coefficient (Wildman–Crippen LogP) is 12.0. The third kappa shape index (κ3) is 3.72. The number of para-hydroxylation sites is 1. The van der Waals surface area contributed by atoms with Crippen molar-refractivity contribution in [1.82, 2.24) is 0 Å². The molecule has 8 aromatic carbocycles. The summed E-state index contributed by atoms with van der Waals surface area (Å²) in [5.74, 6) is 0. The fraction of sp³-hybridized carbons (Fsp3) is 0. The second-order valence-electron chi connectivity index (χ2n) is 10.8. The van der Waals surface area contributed by atoms with Gasteiger partial charge in [-0.05, 0) is 89.9 Å².